The van der Waals surface area contributed by atoms with Gasteiger partial charge < -0.3 is 24.6 Å². The standard InChI is InChI=1S/C35H47N11O4/c1-23-17-44(18-24(2)49-23)29-7-9-30(10-8-29)46-20-31(33(42-46)48-21-35(47)11-4-12-35)41-34-39-15-28(16-40-34)26-5-6-27(14-36)32(13-26)50-25(3)19-45(22-37)43-38/h5-6,13,15-16,20,22-25,29-30,37-38,47H,4,7-12,17-19,21H2,1-3H3,(H,39,40,41)/p+1/t23-,24?,25+,29?,30?/m1/s1. The molecule has 0 bridgehead atoms. The van der Waals surface area contributed by atoms with Crippen molar-refractivity contribution < 1.29 is 24.0 Å². The lowest BCUT2D eigenvalue weighted by Crippen LogP contribution is -2.51. The van der Waals surface area contributed by atoms with Crippen LogP contribution in [0.2, 0.25) is 0 Å². The summed E-state index contributed by atoms with van der Waals surface area (Å²) in [6.07, 6.45) is 13.1. The van der Waals surface area contributed by atoms with Crippen LogP contribution < -0.4 is 20.6 Å². The zero-order valence-corrected chi connectivity index (χ0v) is 29.0. The number of benzene rings is 1. The van der Waals surface area contributed by atoms with E-state index in [2.05, 4.69) is 45.3 Å². The average Bonchev–Trinajstić information content (AvgIpc) is 3.51. The van der Waals surface area contributed by atoms with E-state index in [4.69, 9.17) is 30.6 Å². The van der Waals surface area contributed by atoms with Gasteiger partial charge in [-0.25, -0.2) is 15.8 Å². The highest BCUT2D eigenvalue weighted by molar-refractivity contribution is 5.67. The van der Waals surface area contributed by atoms with E-state index >= 15 is 0 Å². The Kier molecular flexibility index (Phi) is 10.9. The molecule has 2 aromatic heterocycles. The minimum atomic E-state index is -0.815. The van der Waals surface area contributed by atoms with Crippen LogP contribution in [0, 0.1) is 16.7 Å². The van der Waals surface area contributed by atoms with Crippen molar-refractivity contribution in [2.75, 3.05) is 31.6 Å². The van der Waals surface area contributed by atoms with Gasteiger partial charge in [0.05, 0.1) is 35.6 Å². The molecule has 1 saturated heterocycles. The molecule has 2 saturated carbocycles. The number of hydrogen-bond acceptors (Lipinski definition) is 12. The van der Waals surface area contributed by atoms with Crippen molar-refractivity contribution in [1.29, 1.82) is 10.7 Å². The van der Waals surface area contributed by atoms with Gasteiger partial charge in [0.15, 0.2) is 0 Å². The molecular weight excluding hydrogens is 638 g/mol. The van der Waals surface area contributed by atoms with Gasteiger partial charge in [0.1, 0.15) is 36.8 Å². The number of nitrogens with one attached hydrogen (secondary N) is 2. The molecular formula is C35H48N11O4+. The maximum absolute atomic E-state index is 10.7. The second-order valence-electron chi connectivity index (χ2n) is 13.9. The van der Waals surface area contributed by atoms with E-state index in [1.807, 2.05) is 23.9 Å². The number of nitrogens with zero attached hydrogens (tertiary/aromatic N) is 8. The molecule has 15 nitrogen and oxygen atoms in total. The number of anilines is 2. The molecule has 3 atom stereocenters. The van der Waals surface area contributed by atoms with Crippen LogP contribution in [0.5, 0.6) is 11.6 Å². The summed E-state index contributed by atoms with van der Waals surface area (Å²) < 4.78 is 21.4. The molecule has 2 aliphatic carbocycles. The van der Waals surface area contributed by atoms with Gasteiger partial charge in [-0.15, -0.1) is 9.80 Å². The molecule has 5 N–H and O–H groups in total. The zero-order chi connectivity index (χ0) is 35.3. The lowest BCUT2D eigenvalue weighted by Gasteiger charge is -2.42. The number of hydrogen-bond donors (Lipinski definition) is 4. The first-order valence-corrected chi connectivity index (χ1v) is 17.5. The van der Waals surface area contributed by atoms with Gasteiger partial charge in [0.2, 0.25) is 12.3 Å². The first-order chi connectivity index (χ1) is 24.1. The highest BCUT2D eigenvalue weighted by Gasteiger charge is 2.36. The summed E-state index contributed by atoms with van der Waals surface area (Å²) in [6.45, 7) is 8.50. The molecule has 0 radical (unpaired) electrons. The van der Waals surface area contributed by atoms with Crippen molar-refractivity contribution in [2.45, 2.75) is 102 Å². The Morgan fingerprint density at radius 3 is 2.50 bits per heavy atom. The van der Waals surface area contributed by atoms with E-state index < -0.39 is 11.7 Å². The summed E-state index contributed by atoms with van der Waals surface area (Å²) in [4.78, 5) is 11.7. The molecule has 3 aromatic rings. The van der Waals surface area contributed by atoms with E-state index in [1.54, 1.807) is 24.5 Å². The smallest absolute Gasteiger partial charge is 0.257 e. The van der Waals surface area contributed by atoms with Crippen molar-refractivity contribution >= 4 is 18.0 Å². The molecule has 266 valence electrons. The van der Waals surface area contributed by atoms with Crippen LogP contribution in [0.15, 0.2) is 42.0 Å². The van der Waals surface area contributed by atoms with Gasteiger partial charge in [0.25, 0.3) is 5.88 Å². The largest absolute Gasteiger partial charge is 0.486 e. The third kappa shape index (κ3) is 8.38. The molecule has 0 amide bonds. The maximum atomic E-state index is 10.7. The molecule has 3 fully saturated rings. The fourth-order valence-corrected chi connectivity index (χ4v) is 7.09. The van der Waals surface area contributed by atoms with Gasteiger partial charge in [-0.05, 0) is 83.4 Å². The highest BCUT2D eigenvalue weighted by Crippen LogP contribution is 2.37. The first-order valence-electron chi connectivity index (χ1n) is 17.5. The predicted octanol–water partition coefficient (Wildman–Crippen LogP) is 4.55. The molecule has 3 heterocycles. The van der Waals surface area contributed by atoms with E-state index in [0.29, 0.717) is 34.9 Å². The van der Waals surface area contributed by atoms with Crippen LogP contribution in [0.1, 0.15) is 77.3 Å². The SMILES string of the molecule is CC1CN(C2CCC(n3cc(Nc4ncc(-c5ccc(C#N)c(O[C@@H](C)C[N+](C=N)=NN)c5)cn4)c(OCC4(O)CCC4)n3)CC2)C[C@@H](C)O1. The summed E-state index contributed by atoms with van der Waals surface area (Å²) >= 11 is 0. The Bertz CT molecular complexity index is 1680. The second-order valence-corrected chi connectivity index (χ2v) is 13.9. The van der Waals surface area contributed by atoms with Gasteiger partial charge >= 0.3 is 0 Å². The third-order valence-electron chi connectivity index (χ3n) is 9.87. The van der Waals surface area contributed by atoms with Crippen LogP contribution in [-0.2, 0) is 4.74 Å². The number of ether oxygens (including phenoxy) is 3. The molecule has 1 aromatic carbocycles. The van der Waals surface area contributed by atoms with Crippen molar-refractivity contribution in [3.05, 3.63) is 42.4 Å². The minimum absolute atomic E-state index is 0.181. The van der Waals surface area contributed by atoms with E-state index in [1.165, 1.54) is 4.70 Å². The van der Waals surface area contributed by atoms with Gasteiger partial charge in [-0.1, -0.05) is 6.07 Å². The average molecular weight is 687 g/mol. The van der Waals surface area contributed by atoms with Crippen LogP contribution in [0.25, 0.3) is 11.1 Å². The van der Waals surface area contributed by atoms with E-state index in [9.17, 15) is 10.4 Å². The number of nitrogens with two attached hydrogens (primary N) is 1. The summed E-state index contributed by atoms with van der Waals surface area (Å²) in [7, 11) is 0. The fourth-order valence-electron chi connectivity index (χ4n) is 7.09. The van der Waals surface area contributed by atoms with Gasteiger partial charge in [0, 0.05) is 42.3 Å². The Morgan fingerprint density at radius 1 is 1.18 bits per heavy atom. The van der Waals surface area contributed by atoms with Crippen LogP contribution in [0.4, 0.5) is 11.6 Å². The van der Waals surface area contributed by atoms with Crippen LogP contribution in [0.3, 0.4) is 0 Å². The van der Waals surface area contributed by atoms with Crippen molar-refractivity contribution in [1.82, 2.24) is 24.6 Å². The third-order valence-corrected chi connectivity index (χ3v) is 9.87. The fraction of sp³-hybridized carbons (Fsp3) is 0.571. The summed E-state index contributed by atoms with van der Waals surface area (Å²) in [6, 6.07) is 8.23. The number of nitriles is 1. The van der Waals surface area contributed by atoms with Gasteiger partial charge in [-0.3, -0.25) is 9.58 Å². The monoisotopic (exact) mass is 686 g/mol. The lowest BCUT2D eigenvalue weighted by molar-refractivity contribution is -0.485. The van der Waals surface area contributed by atoms with Crippen molar-refractivity contribution in [2.24, 2.45) is 11.1 Å². The summed E-state index contributed by atoms with van der Waals surface area (Å²) in [5.41, 5.74) is 1.71. The quantitative estimate of drug-likeness (QED) is 0.0492. The summed E-state index contributed by atoms with van der Waals surface area (Å²) in [5.74, 6) is 6.49. The topological polar surface area (TPSA) is 196 Å². The van der Waals surface area contributed by atoms with Crippen LogP contribution >= 0.6 is 0 Å². The van der Waals surface area contributed by atoms with E-state index in [-0.39, 0.29) is 31.4 Å². The highest BCUT2D eigenvalue weighted by atomic mass is 16.5. The molecule has 1 unspecified atom stereocenters. The Hall–Kier alpha value is -4.65. The second kappa shape index (κ2) is 15.5. The van der Waals surface area contributed by atoms with Crippen molar-refractivity contribution in [3.8, 4) is 28.8 Å². The molecule has 1 aliphatic heterocycles. The number of aliphatic hydroxyl groups is 1. The molecule has 50 heavy (non-hydrogen) atoms. The van der Waals surface area contributed by atoms with Crippen molar-refractivity contribution in [3.63, 3.8) is 0 Å². The number of rotatable bonds is 13. The molecule has 3 aliphatic rings. The summed E-state index contributed by atoms with van der Waals surface area (Å²) in [5, 5.41) is 39.4. The Labute approximate surface area is 292 Å². The lowest BCUT2D eigenvalue weighted by atomic mass is 9.81. The molecule has 6 rings (SSSR count). The maximum Gasteiger partial charge on any atom is 0.257 e. The zero-order valence-electron chi connectivity index (χ0n) is 29.0. The molecule has 0 spiro atoms. The first kappa shape index (κ1) is 35.2. The number of aromatic nitrogens is 4. The predicted molar refractivity (Wildman–Crippen MR) is 185 cm³/mol. The minimum Gasteiger partial charge on any atom is -0.486 e. The van der Waals surface area contributed by atoms with Crippen LogP contribution in [-0.4, -0.2) is 97.0 Å². The Morgan fingerprint density at radius 2 is 1.88 bits per heavy atom. The Balaban J connectivity index is 1.15. The molecule has 15 heteroatoms. The number of morpholine rings is 1. The van der Waals surface area contributed by atoms with E-state index in [0.717, 1.165) is 75.5 Å². The van der Waals surface area contributed by atoms with Gasteiger partial charge in [-0.2, -0.15) is 10.7 Å². The normalized spacial score (nSPS) is 24.4.